The molecule has 2 aliphatic heterocycles. The second-order valence-electron chi connectivity index (χ2n) is 8.76. The molecule has 0 unspecified atom stereocenters. The standard InChI is InChI=1S/C24H30ClN3O2.C2H2O4/c25-21-6-8-23(9-7-21)30-19-24(29)28-12-10-22(11-13-28)27-16-14-26(15-17-27)18-20-4-2-1-3-5-20;3-1(4)2(5)6/h1-9,22H,10-19H2;(H,3,4)(H,5,6). The molecule has 2 aliphatic rings. The van der Waals surface area contributed by atoms with Crippen molar-refractivity contribution in [3.8, 4) is 5.75 Å². The van der Waals surface area contributed by atoms with Crippen LogP contribution in [0.4, 0.5) is 0 Å². The van der Waals surface area contributed by atoms with Gasteiger partial charge in [0.1, 0.15) is 5.75 Å². The van der Waals surface area contributed by atoms with Crippen molar-refractivity contribution in [3.63, 3.8) is 0 Å². The Bertz CT molecular complexity index is 976. The lowest BCUT2D eigenvalue weighted by molar-refractivity contribution is -0.159. The van der Waals surface area contributed by atoms with Crippen LogP contribution >= 0.6 is 11.6 Å². The first kappa shape index (κ1) is 27.4. The van der Waals surface area contributed by atoms with Crippen LogP contribution < -0.4 is 4.74 Å². The molecule has 36 heavy (non-hydrogen) atoms. The summed E-state index contributed by atoms with van der Waals surface area (Å²) < 4.78 is 5.61. The Morgan fingerprint density at radius 2 is 1.42 bits per heavy atom. The molecule has 0 aromatic heterocycles. The molecule has 0 aliphatic carbocycles. The van der Waals surface area contributed by atoms with Crippen molar-refractivity contribution >= 4 is 29.4 Å². The number of amides is 1. The van der Waals surface area contributed by atoms with Crippen molar-refractivity contribution in [2.24, 2.45) is 0 Å². The van der Waals surface area contributed by atoms with Crippen molar-refractivity contribution in [2.45, 2.75) is 25.4 Å². The summed E-state index contributed by atoms with van der Waals surface area (Å²) in [4.78, 5) is 37.8. The molecule has 9 nitrogen and oxygen atoms in total. The van der Waals surface area contributed by atoms with E-state index in [0.717, 1.165) is 58.7 Å². The first-order valence-corrected chi connectivity index (χ1v) is 12.3. The lowest BCUT2D eigenvalue weighted by Gasteiger charge is -2.42. The number of rotatable bonds is 6. The topological polar surface area (TPSA) is 111 Å². The van der Waals surface area contributed by atoms with Crippen LogP contribution in [0.15, 0.2) is 54.6 Å². The molecule has 0 saturated carbocycles. The van der Waals surface area contributed by atoms with Gasteiger partial charge in [-0.3, -0.25) is 14.6 Å². The molecule has 0 atom stereocenters. The zero-order valence-electron chi connectivity index (χ0n) is 20.1. The number of carbonyl (C=O) groups is 3. The van der Waals surface area contributed by atoms with E-state index in [4.69, 9.17) is 36.1 Å². The summed E-state index contributed by atoms with van der Waals surface area (Å²) in [6, 6.07) is 18.4. The third kappa shape index (κ3) is 8.82. The molecular formula is C26H32ClN3O6. The Hall–Kier alpha value is -3.14. The van der Waals surface area contributed by atoms with Crippen LogP contribution in [0, 0.1) is 0 Å². The van der Waals surface area contributed by atoms with Gasteiger partial charge in [-0.1, -0.05) is 41.9 Å². The largest absolute Gasteiger partial charge is 0.484 e. The van der Waals surface area contributed by atoms with Gasteiger partial charge in [0.05, 0.1) is 0 Å². The second-order valence-corrected chi connectivity index (χ2v) is 9.20. The molecule has 2 N–H and O–H groups in total. The predicted octanol–water partition coefficient (Wildman–Crippen LogP) is 2.68. The van der Waals surface area contributed by atoms with Gasteiger partial charge in [0, 0.05) is 56.9 Å². The van der Waals surface area contributed by atoms with Crippen LogP contribution in [0.1, 0.15) is 18.4 Å². The molecule has 10 heteroatoms. The molecular weight excluding hydrogens is 486 g/mol. The van der Waals surface area contributed by atoms with E-state index in [-0.39, 0.29) is 12.5 Å². The number of hydrogen-bond acceptors (Lipinski definition) is 6. The number of piperidine rings is 1. The highest BCUT2D eigenvalue weighted by Crippen LogP contribution is 2.20. The number of carbonyl (C=O) groups excluding carboxylic acids is 1. The Balaban J connectivity index is 0.000000538. The van der Waals surface area contributed by atoms with E-state index < -0.39 is 11.9 Å². The summed E-state index contributed by atoms with van der Waals surface area (Å²) in [5, 5.41) is 15.4. The third-order valence-electron chi connectivity index (χ3n) is 6.35. The van der Waals surface area contributed by atoms with Crippen LogP contribution in [-0.4, -0.2) is 94.7 Å². The minimum Gasteiger partial charge on any atom is -0.484 e. The third-order valence-corrected chi connectivity index (χ3v) is 6.60. The van der Waals surface area contributed by atoms with E-state index >= 15 is 0 Å². The number of aliphatic carboxylic acids is 2. The lowest BCUT2D eigenvalue weighted by atomic mass is 10.0. The summed E-state index contributed by atoms with van der Waals surface area (Å²) in [6.45, 7) is 7.22. The molecule has 2 aromatic carbocycles. The number of likely N-dealkylation sites (tertiary alicyclic amines) is 1. The molecule has 0 bridgehead atoms. The molecule has 2 heterocycles. The second kappa shape index (κ2) is 13.8. The van der Waals surface area contributed by atoms with Gasteiger partial charge in [-0.25, -0.2) is 9.59 Å². The lowest BCUT2D eigenvalue weighted by Crippen LogP contribution is -2.53. The molecule has 0 radical (unpaired) electrons. The van der Waals surface area contributed by atoms with E-state index in [1.165, 1.54) is 5.56 Å². The molecule has 4 rings (SSSR count). The van der Waals surface area contributed by atoms with Crippen LogP contribution in [0.5, 0.6) is 5.75 Å². The van der Waals surface area contributed by atoms with Crippen LogP contribution in [0.3, 0.4) is 0 Å². The van der Waals surface area contributed by atoms with Crippen LogP contribution in [-0.2, 0) is 20.9 Å². The van der Waals surface area contributed by atoms with Crippen molar-refractivity contribution in [1.82, 2.24) is 14.7 Å². The highest BCUT2D eigenvalue weighted by molar-refractivity contribution is 6.30. The van der Waals surface area contributed by atoms with E-state index in [0.29, 0.717) is 16.8 Å². The number of hydrogen-bond donors (Lipinski definition) is 2. The summed E-state index contributed by atoms with van der Waals surface area (Å²) in [6.07, 6.45) is 2.09. The summed E-state index contributed by atoms with van der Waals surface area (Å²) in [7, 11) is 0. The van der Waals surface area contributed by atoms with Gasteiger partial charge in [0.2, 0.25) is 0 Å². The van der Waals surface area contributed by atoms with Gasteiger partial charge in [-0.15, -0.1) is 0 Å². The molecule has 1 amide bonds. The SMILES string of the molecule is O=C(COc1ccc(Cl)cc1)N1CCC(N2CCN(Cc3ccccc3)CC2)CC1.O=C(O)C(=O)O. The van der Waals surface area contributed by atoms with Gasteiger partial charge in [-0.05, 0) is 42.7 Å². The van der Waals surface area contributed by atoms with Crippen molar-refractivity contribution in [2.75, 3.05) is 45.9 Å². The van der Waals surface area contributed by atoms with Gasteiger partial charge in [-0.2, -0.15) is 0 Å². The molecule has 2 aromatic rings. The average molecular weight is 518 g/mol. The summed E-state index contributed by atoms with van der Waals surface area (Å²) in [5.74, 6) is -2.91. The van der Waals surface area contributed by atoms with Crippen molar-refractivity contribution in [3.05, 3.63) is 65.2 Å². The average Bonchev–Trinajstić information content (AvgIpc) is 2.90. The minimum absolute atomic E-state index is 0.0658. The zero-order chi connectivity index (χ0) is 25.9. The van der Waals surface area contributed by atoms with Gasteiger partial charge in [0.25, 0.3) is 5.91 Å². The summed E-state index contributed by atoms with van der Waals surface area (Å²) >= 11 is 5.88. The van der Waals surface area contributed by atoms with Crippen molar-refractivity contribution < 1.29 is 29.3 Å². The monoisotopic (exact) mass is 517 g/mol. The first-order valence-electron chi connectivity index (χ1n) is 11.9. The van der Waals surface area contributed by atoms with Gasteiger partial charge < -0.3 is 19.8 Å². The number of carboxylic acid groups (broad SMARTS) is 2. The number of halogens is 1. The number of ether oxygens (including phenoxy) is 1. The maximum absolute atomic E-state index is 12.5. The molecule has 194 valence electrons. The fraction of sp³-hybridized carbons (Fsp3) is 0.423. The quantitative estimate of drug-likeness (QED) is 0.563. The predicted molar refractivity (Wildman–Crippen MR) is 135 cm³/mol. The van der Waals surface area contributed by atoms with E-state index in [1.54, 1.807) is 24.3 Å². The number of carboxylic acids is 2. The maximum atomic E-state index is 12.5. The Kier molecular flexibility index (Phi) is 10.5. The Morgan fingerprint density at radius 3 is 1.97 bits per heavy atom. The van der Waals surface area contributed by atoms with Gasteiger partial charge >= 0.3 is 11.9 Å². The fourth-order valence-corrected chi connectivity index (χ4v) is 4.50. The highest BCUT2D eigenvalue weighted by atomic mass is 35.5. The molecule has 2 fully saturated rings. The van der Waals surface area contributed by atoms with E-state index in [9.17, 15) is 4.79 Å². The maximum Gasteiger partial charge on any atom is 0.414 e. The van der Waals surface area contributed by atoms with Crippen LogP contribution in [0.25, 0.3) is 0 Å². The van der Waals surface area contributed by atoms with Crippen molar-refractivity contribution in [1.29, 1.82) is 0 Å². The number of piperazine rings is 1. The first-order chi connectivity index (χ1) is 17.3. The highest BCUT2D eigenvalue weighted by Gasteiger charge is 2.29. The van der Waals surface area contributed by atoms with Gasteiger partial charge in [0.15, 0.2) is 6.61 Å². The minimum atomic E-state index is -1.82. The van der Waals surface area contributed by atoms with E-state index in [1.807, 2.05) is 4.90 Å². The van der Waals surface area contributed by atoms with E-state index in [2.05, 4.69) is 40.1 Å². The Morgan fingerprint density at radius 1 is 0.833 bits per heavy atom. The number of nitrogens with zero attached hydrogens (tertiary/aromatic N) is 3. The normalized spacial score (nSPS) is 17.1. The number of benzene rings is 2. The summed E-state index contributed by atoms with van der Waals surface area (Å²) in [5.41, 5.74) is 1.39. The molecule has 2 saturated heterocycles. The Labute approximate surface area is 215 Å². The fourth-order valence-electron chi connectivity index (χ4n) is 4.38. The zero-order valence-corrected chi connectivity index (χ0v) is 20.8. The van der Waals surface area contributed by atoms with Crippen LogP contribution in [0.2, 0.25) is 5.02 Å². The molecule has 0 spiro atoms. The smallest absolute Gasteiger partial charge is 0.414 e.